The number of hydrogen-bond acceptors (Lipinski definition) is 5. The van der Waals surface area contributed by atoms with Crippen molar-refractivity contribution >= 4 is 39.9 Å². The minimum absolute atomic E-state index is 0.0615. The Bertz CT molecular complexity index is 819. The highest BCUT2D eigenvalue weighted by Crippen LogP contribution is 2.36. The Kier molecular flexibility index (Phi) is 4.05. The molecule has 1 atom stereocenters. The molecule has 4 rings (SSSR count). The van der Waals surface area contributed by atoms with Gasteiger partial charge in [0.1, 0.15) is 10.7 Å². The van der Waals surface area contributed by atoms with E-state index in [0.29, 0.717) is 5.69 Å². The molecule has 0 aliphatic carbocycles. The van der Waals surface area contributed by atoms with Gasteiger partial charge in [0.25, 0.3) is 5.91 Å². The molecule has 0 spiro atoms. The average molecular weight is 361 g/mol. The van der Waals surface area contributed by atoms with Crippen molar-refractivity contribution in [2.24, 2.45) is 0 Å². The molecule has 3 aromatic heterocycles. The summed E-state index contributed by atoms with van der Waals surface area (Å²) in [5, 5.41) is 9.06. The lowest BCUT2D eigenvalue weighted by Crippen LogP contribution is -2.39. The number of hydrogen-bond donors (Lipinski definition) is 0. The Morgan fingerprint density at radius 2 is 2.22 bits per heavy atom. The van der Waals surface area contributed by atoms with Gasteiger partial charge in [0.05, 0.1) is 6.04 Å². The van der Waals surface area contributed by atoms with Crippen molar-refractivity contribution in [3.05, 3.63) is 49.8 Å². The lowest BCUT2D eigenvalue weighted by atomic mass is 9.97. The number of thiazole rings is 1. The van der Waals surface area contributed by atoms with Gasteiger partial charge in [0, 0.05) is 27.7 Å². The van der Waals surface area contributed by atoms with Gasteiger partial charge >= 0.3 is 0 Å². The number of thiophene rings is 2. The van der Waals surface area contributed by atoms with Crippen molar-refractivity contribution in [3.8, 4) is 10.6 Å². The Balaban J connectivity index is 1.62. The monoisotopic (exact) mass is 360 g/mol. The third kappa shape index (κ3) is 2.65. The second kappa shape index (κ2) is 6.19. The molecule has 0 saturated carbocycles. The number of carbonyl (C=O) groups is 1. The zero-order valence-electron chi connectivity index (χ0n) is 12.7. The molecule has 0 aromatic carbocycles. The van der Waals surface area contributed by atoms with Gasteiger partial charge in [0.2, 0.25) is 0 Å². The molecule has 1 amide bonds. The quantitative estimate of drug-likeness (QED) is 0.652. The van der Waals surface area contributed by atoms with Crippen molar-refractivity contribution in [3.63, 3.8) is 0 Å². The Morgan fingerprint density at radius 1 is 1.30 bits per heavy atom. The second-order valence-electron chi connectivity index (χ2n) is 5.52. The van der Waals surface area contributed by atoms with E-state index in [2.05, 4.69) is 28.7 Å². The van der Waals surface area contributed by atoms with E-state index in [1.165, 1.54) is 10.4 Å². The number of nitrogens with zero attached hydrogens (tertiary/aromatic N) is 2. The van der Waals surface area contributed by atoms with Crippen LogP contribution in [0.4, 0.5) is 0 Å². The number of rotatable bonds is 3. The lowest BCUT2D eigenvalue weighted by Gasteiger charge is -2.35. The molecular formula is C17H16N2OS3. The number of amides is 1. The van der Waals surface area contributed by atoms with Crippen molar-refractivity contribution < 1.29 is 4.79 Å². The summed E-state index contributed by atoms with van der Waals surface area (Å²) < 4.78 is 0. The topological polar surface area (TPSA) is 33.2 Å². The molecule has 3 nitrogen and oxygen atoms in total. The van der Waals surface area contributed by atoms with E-state index in [1.807, 2.05) is 21.7 Å². The highest BCUT2D eigenvalue weighted by molar-refractivity contribution is 7.14. The highest BCUT2D eigenvalue weighted by Gasteiger charge is 2.31. The van der Waals surface area contributed by atoms with Crippen LogP contribution in [0, 0.1) is 0 Å². The van der Waals surface area contributed by atoms with Crippen molar-refractivity contribution in [2.75, 3.05) is 6.54 Å². The van der Waals surface area contributed by atoms with Crippen LogP contribution >= 0.6 is 34.0 Å². The molecule has 1 aliphatic rings. The van der Waals surface area contributed by atoms with Crippen LogP contribution < -0.4 is 0 Å². The smallest absolute Gasteiger partial charge is 0.273 e. The molecule has 3 aromatic rings. The predicted octanol–water partition coefficient (Wildman–Crippen LogP) is 5.08. The Hall–Kier alpha value is -1.50. The van der Waals surface area contributed by atoms with E-state index in [-0.39, 0.29) is 11.9 Å². The summed E-state index contributed by atoms with van der Waals surface area (Å²) in [6.07, 6.45) is 1.90. The molecular weight excluding hydrogens is 344 g/mol. The Morgan fingerprint density at radius 3 is 3.00 bits per heavy atom. The van der Waals surface area contributed by atoms with E-state index < -0.39 is 0 Å². The summed E-state index contributed by atoms with van der Waals surface area (Å²) in [5.41, 5.74) is 3.00. The van der Waals surface area contributed by atoms with Gasteiger partial charge in [-0.15, -0.1) is 22.7 Å². The standard InChI is InChI=1S/C17H16N2OS3/c1-2-14-12-5-8-22-15(12)3-6-19(14)17(20)13-10-23-16(18-13)11-4-7-21-9-11/h4-5,7-10,14H,2-3,6H2,1H3. The summed E-state index contributed by atoms with van der Waals surface area (Å²) in [6, 6.07) is 4.40. The largest absolute Gasteiger partial charge is 0.330 e. The molecule has 1 aliphatic heterocycles. The van der Waals surface area contributed by atoms with E-state index in [0.717, 1.165) is 30.0 Å². The van der Waals surface area contributed by atoms with Crippen LogP contribution in [0.15, 0.2) is 33.7 Å². The summed E-state index contributed by atoms with van der Waals surface area (Å²) in [7, 11) is 0. The summed E-state index contributed by atoms with van der Waals surface area (Å²) in [5.74, 6) is 0.0615. The molecule has 4 heterocycles. The van der Waals surface area contributed by atoms with Crippen LogP contribution in [0.5, 0.6) is 0 Å². The van der Waals surface area contributed by atoms with Gasteiger partial charge in [-0.3, -0.25) is 4.79 Å². The van der Waals surface area contributed by atoms with Gasteiger partial charge in [0.15, 0.2) is 0 Å². The van der Waals surface area contributed by atoms with Crippen LogP contribution in [0.2, 0.25) is 0 Å². The number of carbonyl (C=O) groups excluding carboxylic acids is 1. The van der Waals surface area contributed by atoms with Crippen LogP contribution in [0.3, 0.4) is 0 Å². The summed E-state index contributed by atoms with van der Waals surface area (Å²) in [4.78, 5) is 21.0. The molecule has 0 N–H and O–H groups in total. The molecule has 0 fully saturated rings. The maximum atomic E-state index is 13.0. The van der Waals surface area contributed by atoms with Gasteiger partial charge in [-0.1, -0.05) is 6.92 Å². The minimum Gasteiger partial charge on any atom is -0.330 e. The van der Waals surface area contributed by atoms with Gasteiger partial charge < -0.3 is 4.90 Å². The summed E-state index contributed by atoms with van der Waals surface area (Å²) in [6.45, 7) is 2.94. The Labute approximate surface area is 147 Å². The first-order valence-corrected chi connectivity index (χ1v) is 10.3. The van der Waals surface area contributed by atoms with E-state index in [9.17, 15) is 4.79 Å². The number of aromatic nitrogens is 1. The molecule has 1 unspecified atom stereocenters. The van der Waals surface area contributed by atoms with Crippen molar-refractivity contribution in [2.45, 2.75) is 25.8 Å². The zero-order chi connectivity index (χ0) is 15.8. The van der Waals surface area contributed by atoms with Crippen LogP contribution in [-0.2, 0) is 6.42 Å². The maximum absolute atomic E-state index is 13.0. The second-order valence-corrected chi connectivity index (χ2v) is 8.16. The fourth-order valence-corrected chi connectivity index (χ4v) is 5.55. The fourth-order valence-electron chi connectivity index (χ4n) is 3.12. The molecule has 0 bridgehead atoms. The van der Waals surface area contributed by atoms with Gasteiger partial charge in [-0.05, 0) is 41.3 Å². The predicted molar refractivity (Wildman–Crippen MR) is 97.5 cm³/mol. The summed E-state index contributed by atoms with van der Waals surface area (Å²) >= 11 is 5.00. The SMILES string of the molecule is CCC1c2ccsc2CCN1C(=O)c1csc(-c2ccsc2)n1. The normalized spacial score (nSPS) is 17.3. The lowest BCUT2D eigenvalue weighted by molar-refractivity contribution is 0.0652. The zero-order valence-corrected chi connectivity index (χ0v) is 15.1. The third-order valence-electron chi connectivity index (χ3n) is 4.23. The first-order valence-electron chi connectivity index (χ1n) is 7.63. The minimum atomic E-state index is 0.0615. The van der Waals surface area contributed by atoms with Crippen molar-refractivity contribution in [1.82, 2.24) is 9.88 Å². The third-order valence-corrected chi connectivity index (χ3v) is 6.80. The van der Waals surface area contributed by atoms with Crippen LogP contribution in [0.25, 0.3) is 10.6 Å². The molecule has 6 heteroatoms. The van der Waals surface area contributed by atoms with E-state index >= 15 is 0 Å². The van der Waals surface area contributed by atoms with E-state index in [1.54, 1.807) is 34.0 Å². The first-order chi connectivity index (χ1) is 11.3. The van der Waals surface area contributed by atoms with Crippen LogP contribution in [-0.4, -0.2) is 22.3 Å². The van der Waals surface area contributed by atoms with Gasteiger partial charge in [-0.25, -0.2) is 4.98 Å². The average Bonchev–Trinajstić information content (AvgIpc) is 3.32. The molecule has 0 saturated heterocycles. The van der Waals surface area contributed by atoms with Crippen molar-refractivity contribution in [1.29, 1.82) is 0 Å². The highest BCUT2D eigenvalue weighted by atomic mass is 32.1. The number of fused-ring (bicyclic) bond motifs is 1. The first kappa shape index (κ1) is 15.1. The molecule has 118 valence electrons. The van der Waals surface area contributed by atoms with Crippen LogP contribution in [0.1, 0.15) is 40.3 Å². The fraction of sp³-hybridized carbons (Fsp3) is 0.294. The molecule has 0 radical (unpaired) electrons. The molecule has 23 heavy (non-hydrogen) atoms. The van der Waals surface area contributed by atoms with Gasteiger partial charge in [-0.2, -0.15) is 11.3 Å². The maximum Gasteiger partial charge on any atom is 0.273 e. The van der Waals surface area contributed by atoms with E-state index in [4.69, 9.17) is 0 Å².